The first-order valence-electron chi connectivity index (χ1n) is 9.84. The summed E-state index contributed by atoms with van der Waals surface area (Å²) >= 11 is 0. The molecule has 0 bridgehead atoms. The van der Waals surface area contributed by atoms with Crippen molar-refractivity contribution in [3.05, 3.63) is 76.8 Å². The van der Waals surface area contributed by atoms with Crippen LogP contribution >= 0.6 is 0 Å². The molecule has 32 heavy (non-hydrogen) atoms. The van der Waals surface area contributed by atoms with Crippen molar-refractivity contribution in [1.82, 2.24) is 15.0 Å². The highest BCUT2D eigenvalue weighted by atomic mass is 16.6. The number of rotatable bonds is 5. The summed E-state index contributed by atoms with van der Waals surface area (Å²) in [6, 6.07) is 19.7. The third kappa shape index (κ3) is 3.27. The number of aromatic amines is 1. The summed E-state index contributed by atoms with van der Waals surface area (Å²) in [5.74, 6) is 1.89. The zero-order valence-corrected chi connectivity index (χ0v) is 17.3. The maximum absolute atomic E-state index is 11.1. The number of nitro groups is 1. The van der Waals surface area contributed by atoms with E-state index >= 15 is 0 Å². The maximum atomic E-state index is 11.1. The second kappa shape index (κ2) is 7.66. The average molecular weight is 426 g/mol. The predicted octanol–water partition coefficient (Wildman–Crippen LogP) is 5.37. The number of nitrogens with zero attached hydrogens (tertiary/aromatic N) is 3. The fraction of sp³-hybridized carbons (Fsp3) is 0.0833. The predicted molar refractivity (Wildman–Crippen MR) is 122 cm³/mol. The standard InChI is InChI=1S/C24H18N4O4/c1-31-16-11-21-17(22(12-16)32-2)13-18(24-26-19-5-3-4-6-20(19)27-24)23(25-21)14-7-9-15(10-8-14)28(29)30/h3-13H,1-2H3,(H,26,27). The van der Waals surface area contributed by atoms with Crippen molar-refractivity contribution in [3.63, 3.8) is 0 Å². The molecule has 5 aromatic rings. The Balaban J connectivity index is 1.80. The normalized spacial score (nSPS) is 11.1. The molecule has 0 fully saturated rings. The van der Waals surface area contributed by atoms with Gasteiger partial charge in [-0.2, -0.15) is 0 Å². The molecule has 5 rings (SSSR count). The molecule has 0 radical (unpaired) electrons. The van der Waals surface area contributed by atoms with Gasteiger partial charge in [0.05, 0.1) is 41.4 Å². The van der Waals surface area contributed by atoms with Crippen LogP contribution in [-0.4, -0.2) is 34.1 Å². The molecule has 0 saturated heterocycles. The van der Waals surface area contributed by atoms with Gasteiger partial charge in [0.15, 0.2) is 0 Å². The van der Waals surface area contributed by atoms with Gasteiger partial charge < -0.3 is 14.5 Å². The van der Waals surface area contributed by atoms with E-state index in [0.717, 1.165) is 27.5 Å². The minimum absolute atomic E-state index is 0.0168. The number of H-pyrrole nitrogens is 1. The molecule has 0 aliphatic rings. The van der Waals surface area contributed by atoms with Crippen molar-refractivity contribution in [3.8, 4) is 34.1 Å². The lowest BCUT2D eigenvalue weighted by molar-refractivity contribution is -0.384. The first-order valence-corrected chi connectivity index (χ1v) is 9.84. The SMILES string of the molecule is COc1cc(OC)c2cc(-c3nc4ccccc4[nH]3)c(-c3ccc([N+](=O)[O-])cc3)nc2c1. The molecule has 1 N–H and O–H groups in total. The number of nitro benzene ring substituents is 1. The lowest BCUT2D eigenvalue weighted by Crippen LogP contribution is -1.96. The van der Waals surface area contributed by atoms with Crippen LogP contribution in [0.1, 0.15) is 0 Å². The van der Waals surface area contributed by atoms with E-state index in [-0.39, 0.29) is 5.69 Å². The number of benzene rings is 3. The van der Waals surface area contributed by atoms with Crippen LogP contribution in [0, 0.1) is 10.1 Å². The summed E-state index contributed by atoms with van der Waals surface area (Å²) in [6.45, 7) is 0. The van der Waals surface area contributed by atoms with Crippen LogP contribution in [0.15, 0.2) is 66.7 Å². The van der Waals surface area contributed by atoms with Crippen LogP contribution in [0.4, 0.5) is 5.69 Å². The minimum atomic E-state index is -0.423. The number of para-hydroxylation sites is 2. The second-order valence-corrected chi connectivity index (χ2v) is 7.19. The zero-order chi connectivity index (χ0) is 22.2. The lowest BCUT2D eigenvalue weighted by atomic mass is 10.0. The van der Waals surface area contributed by atoms with Crippen molar-refractivity contribution in [2.45, 2.75) is 0 Å². The summed E-state index contributed by atoms with van der Waals surface area (Å²) in [7, 11) is 3.18. The molecular formula is C24H18N4O4. The number of pyridine rings is 1. The highest BCUT2D eigenvalue weighted by molar-refractivity contribution is 5.95. The molecule has 2 heterocycles. The quantitative estimate of drug-likeness (QED) is 0.299. The number of nitrogens with one attached hydrogen (secondary N) is 1. The van der Waals surface area contributed by atoms with E-state index in [1.165, 1.54) is 12.1 Å². The molecule has 0 amide bonds. The molecule has 0 atom stereocenters. The Morgan fingerprint density at radius 2 is 1.69 bits per heavy atom. The smallest absolute Gasteiger partial charge is 0.269 e. The number of methoxy groups -OCH3 is 2. The van der Waals surface area contributed by atoms with E-state index in [1.807, 2.05) is 36.4 Å². The third-order valence-corrected chi connectivity index (χ3v) is 5.32. The van der Waals surface area contributed by atoms with E-state index in [1.54, 1.807) is 32.4 Å². The molecule has 0 aliphatic heterocycles. The summed E-state index contributed by atoms with van der Waals surface area (Å²) in [4.78, 5) is 23.7. The highest BCUT2D eigenvalue weighted by Gasteiger charge is 2.18. The number of ether oxygens (including phenoxy) is 2. The van der Waals surface area contributed by atoms with Crippen molar-refractivity contribution in [2.75, 3.05) is 14.2 Å². The van der Waals surface area contributed by atoms with Crippen molar-refractivity contribution in [1.29, 1.82) is 0 Å². The maximum Gasteiger partial charge on any atom is 0.269 e. The van der Waals surface area contributed by atoms with Crippen LogP contribution in [-0.2, 0) is 0 Å². The molecule has 3 aromatic carbocycles. The first kappa shape index (κ1) is 19.5. The van der Waals surface area contributed by atoms with Gasteiger partial charge in [0.2, 0.25) is 0 Å². The number of hydrogen-bond acceptors (Lipinski definition) is 6. The fourth-order valence-corrected chi connectivity index (χ4v) is 3.73. The molecule has 0 unspecified atom stereocenters. The molecule has 8 heteroatoms. The first-order chi connectivity index (χ1) is 15.6. The van der Waals surface area contributed by atoms with Crippen LogP contribution in [0.25, 0.3) is 44.6 Å². The molecule has 8 nitrogen and oxygen atoms in total. The van der Waals surface area contributed by atoms with E-state index in [9.17, 15) is 10.1 Å². The summed E-state index contributed by atoms with van der Waals surface area (Å²) in [6.07, 6.45) is 0. The lowest BCUT2D eigenvalue weighted by Gasteiger charge is -2.13. The Kier molecular flexibility index (Phi) is 4.67. The van der Waals surface area contributed by atoms with Crippen LogP contribution in [0.5, 0.6) is 11.5 Å². The number of hydrogen-bond donors (Lipinski definition) is 1. The largest absolute Gasteiger partial charge is 0.497 e. The van der Waals surface area contributed by atoms with Crippen LogP contribution in [0.2, 0.25) is 0 Å². The van der Waals surface area contributed by atoms with E-state index < -0.39 is 4.92 Å². The van der Waals surface area contributed by atoms with Crippen LogP contribution < -0.4 is 9.47 Å². The molecule has 2 aromatic heterocycles. The zero-order valence-electron chi connectivity index (χ0n) is 17.3. The van der Waals surface area contributed by atoms with Crippen LogP contribution in [0.3, 0.4) is 0 Å². The van der Waals surface area contributed by atoms with Gasteiger partial charge in [0.1, 0.15) is 17.3 Å². The minimum Gasteiger partial charge on any atom is -0.497 e. The van der Waals surface area contributed by atoms with Gasteiger partial charge in [-0.25, -0.2) is 9.97 Å². The van der Waals surface area contributed by atoms with Gasteiger partial charge in [-0.1, -0.05) is 12.1 Å². The van der Waals surface area contributed by atoms with Gasteiger partial charge in [-0.15, -0.1) is 0 Å². The molecule has 0 saturated carbocycles. The average Bonchev–Trinajstić information content (AvgIpc) is 3.26. The molecule has 158 valence electrons. The van der Waals surface area contributed by atoms with Gasteiger partial charge >= 0.3 is 0 Å². The fourth-order valence-electron chi connectivity index (χ4n) is 3.73. The Bertz CT molecular complexity index is 1440. The Labute approximate surface area is 182 Å². The monoisotopic (exact) mass is 426 g/mol. The number of non-ortho nitro benzene ring substituents is 1. The second-order valence-electron chi connectivity index (χ2n) is 7.19. The number of fused-ring (bicyclic) bond motifs is 2. The highest BCUT2D eigenvalue weighted by Crippen LogP contribution is 2.38. The Morgan fingerprint density at radius 3 is 2.38 bits per heavy atom. The number of imidazole rings is 1. The van der Waals surface area contributed by atoms with Crippen molar-refractivity contribution < 1.29 is 14.4 Å². The van der Waals surface area contributed by atoms with Gasteiger partial charge in [-0.05, 0) is 30.3 Å². The summed E-state index contributed by atoms with van der Waals surface area (Å²) in [5.41, 5.74) is 4.55. The number of aromatic nitrogens is 3. The summed E-state index contributed by atoms with van der Waals surface area (Å²) < 4.78 is 11.0. The van der Waals surface area contributed by atoms with E-state index in [2.05, 4.69) is 4.98 Å². The van der Waals surface area contributed by atoms with E-state index in [4.69, 9.17) is 19.4 Å². The molecular weight excluding hydrogens is 408 g/mol. The summed E-state index contributed by atoms with van der Waals surface area (Å²) in [5, 5.41) is 11.9. The topological polar surface area (TPSA) is 103 Å². The molecule has 0 aliphatic carbocycles. The van der Waals surface area contributed by atoms with Gasteiger partial charge in [0, 0.05) is 40.8 Å². The Morgan fingerprint density at radius 1 is 0.906 bits per heavy atom. The van der Waals surface area contributed by atoms with Gasteiger partial charge in [-0.3, -0.25) is 10.1 Å². The van der Waals surface area contributed by atoms with Gasteiger partial charge in [0.25, 0.3) is 5.69 Å². The molecule has 0 spiro atoms. The Hall–Kier alpha value is -4.46. The van der Waals surface area contributed by atoms with Crippen molar-refractivity contribution >= 4 is 27.6 Å². The van der Waals surface area contributed by atoms with E-state index in [0.29, 0.717) is 28.5 Å². The van der Waals surface area contributed by atoms with Crippen molar-refractivity contribution in [2.24, 2.45) is 0 Å². The third-order valence-electron chi connectivity index (χ3n) is 5.32.